The van der Waals surface area contributed by atoms with Gasteiger partial charge in [0.1, 0.15) is 5.84 Å². The van der Waals surface area contributed by atoms with Crippen LogP contribution in [0, 0.1) is 5.92 Å². The van der Waals surface area contributed by atoms with Crippen LogP contribution in [0.4, 0.5) is 0 Å². The smallest absolute Gasteiger partial charge is 0.141 e. The van der Waals surface area contributed by atoms with Crippen molar-refractivity contribution in [2.24, 2.45) is 16.8 Å². The molecule has 1 fully saturated rings. The van der Waals surface area contributed by atoms with Crippen molar-refractivity contribution in [1.29, 1.82) is 0 Å². The number of amidine groups is 1. The van der Waals surface area contributed by atoms with Crippen molar-refractivity contribution in [3.63, 3.8) is 0 Å². The Bertz CT molecular complexity index is 203. The van der Waals surface area contributed by atoms with Gasteiger partial charge in [0, 0.05) is 18.9 Å². The molecule has 0 spiro atoms. The van der Waals surface area contributed by atoms with Crippen molar-refractivity contribution in [3.8, 4) is 0 Å². The third-order valence-corrected chi connectivity index (χ3v) is 2.61. The van der Waals surface area contributed by atoms with E-state index < -0.39 is 0 Å². The fourth-order valence-corrected chi connectivity index (χ4v) is 1.58. The molecule has 1 rings (SSSR count). The van der Waals surface area contributed by atoms with Gasteiger partial charge in [0.2, 0.25) is 0 Å². The molecule has 0 radical (unpaired) electrons. The van der Waals surface area contributed by atoms with Crippen LogP contribution in [-0.4, -0.2) is 37.0 Å². The molecule has 0 aromatic rings. The van der Waals surface area contributed by atoms with E-state index in [0.717, 1.165) is 26.1 Å². The van der Waals surface area contributed by atoms with Gasteiger partial charge in [-0.2, -0.15) is 0 Å². The van der Waals surface area contributed by atoms with Crippen molar-refractivity contribution in [3.05, 3.63) is 0 Å². The van der Waals surface area contributed by atoms with E-state index in [2.05, 4.69) is 5.16 Å². The summed E-state index contributed by atoms with van der Waals surface area (Å²) in [7, 11) is 0. The van der Waals surface area contributed by atoms with Crippen LogP contribution in [0.15, 0.2) is 5.16 Å². The van der Waals surface area contributed by atoms with Crippen LogP contribution >= 0.6 is 0 Å². The second kappa shape index (κ2) is 6.63. The summed E-state index contributed by atoms with van der Waals surface area (Å²) < 4.78 is 11.0. The largest absolute Gasteiger partial charge is 0.409 e. The lowest BCUT2D eigenvalue weighted by Gasteiger charge is -2.17. The molecule has 5 nitrogen and oxygen atoms in total. The minimum atomic E-state index is 0.0431. The Balaban J connectivity index is 2.20. The third-order valence-electron chi connectivity index (χ3n) is 2.61. The molecule has 1 aliphatic heterocycles. The topological polar surface area (TPSA) is 77.1 Å². The third kappa shape index (κ3) is 4.48. The molecule has 1 saturated heterocycles. The molecular formula is C10H20N2O3. The standard InChI is InChI=1S/C10H20N2O3/c1-2-9(5-10(11)12-13)15-7-8-3-4-14-6-8/h8-9,13H,2-7H2,1H3,(H2,11,12). The predicted molar refractivity (Wildman–Crippen MR) is 57.0 cm³/mol. The summed E-state index contributed by atoms with van der Waals surface area (Å²) in [5.74, 6) is 0.732. The highest BCUT2D eigenvalue weighted by Crippen LogP contribution is 2.14. The molecule has 88 valence electrons. The Hall–Kier alpha value is -0.810. The van der Waals surface area contributed by atoms with Gasteiger partial charge in [0.05, 0.1) is 19.3 Å². The summed E-state index contributed by atoms with van der Waals surface area (Å²) in [6, 6.07) is 0. The molecule has 0 aliphatic carbocycles. The molecule has 2 atom stereocenters. The highest BCUT2D eigenvalue weighted by atomic mass is 16.5. The maximum absolute atomic E-state index is 8.45. The van der Waals surface area contributed by atoms with Crippen LogP contribution in [0.3, 0.4) is 0 Å². The molecule has 0 bridgehead atoms. The van der Waals surface area contributed by atoms with E-state index in [4.69, 9.17) is 20.4 Å². The van der Waals surface area contributed by atoms with Crippen LogP contribution in [0.5, 0.6) is 0 Å². The van der Waals surface area contributed by atoms with Crippen molar-refractivity contribution in [2.75, 3.05) is 19.8 Å². The zero-order chi connectivity index (χ0) is 11.1. The van der Waals surface area contributed by atoms with Crippen LogP contribution in [0.25, 0.3) is 0 Å². The highest BCUT2D eigenvalue weighted by Gasteiger charge is 2.18. The molecule has 0 saturated carbocycles. The fraction of sp³-hybridized carbons (Fsp3) is 0.900. The average Bonchev–Trinajstić information content (AvgIpc) is 2.76. The van der Waals surface area contributed by atoms with E-state index >= 15 is 0 Å². The van der Waals surface area contributed by atoms with E-state index in [1.807, 2.05) is 6.92 Å². The number of rotatable bonds is 6. The lowest BCUT2D eigenvalue weighted by Crippen LogP contribution is -2.24. The molecule has 5 heteroatoms. The lowest BCUT2D eigenvalue weighted by molar-refractivity contribution is 0.0278. The molecule has 3 N–H and O–H groups in total. The van der Waals surface area contributed by atoms with Gasteiger partial charge in [0.15, 0.2) is 0 Å². The Morgan fingerprint density at radius 2 is 2.53 bits per heavy atom. The molecule has 0 amide bonds. The second-order valence-corrected chi connectivity index (χ2v) is 3.89. The van der Waals surface area contributed by atoms with Gasteiger partial charge < -0.3 is 20.4 Å². The monoisotopic (exact) mass is 216 g/mol. The molecule has 15 heavy (non-hydrogen) atoms. The number of hydrogen-bond donors (Lipinski definition) is 2. The summed E-state index contributed by atoms with van der Waals surface area (Å²) in [4.78, 5) is 0. The molecule has 1 aliphatic rings. The van der Waals surface area contributed by atoms with Gasteiger partial charge in [-0.1, -0.05) is 12.1 Å². The van der Waals surface area contributed by atoms with Crippen LogP contribution in [0.2, 0.25) is 0 Å². The lowest BCUT2D eigenvalue weighted by atomic mass is 10.1. The van der Waals surface area contributed by atoms with Crippen molar-refractivity contribution < 1.29 is 14.7 Å². The maximum Gasteiger partial charge on any atom is 0.141 e. The Kier molecular flexibility index (Phi) is 5.42. The Morgan fingerprint density at radius 3 is 3.07 bits per heavy atom. The summed E-state index contributed by atoms with van der Waals surface area (Å²) >= 11 is 0. The molecular weight excluding hydrogens is 196 g/mol. The number of nitrogens with zero attached hydrogens (tertiary/aromatic N) is 1. The summed E-state index contributed by atoms with van der Waals surface area (Å²) in [5.41, 5.74) is 5.43. The van der Waals surface area contributed by atoms with E-state index in [1.165, 1.54) is 0 Å². The molecule has 1 heterocycles. The summed E-state index contributed by atoms with van der Waals surface area (Å²) in [6.45, 7) is 4.36. The van der Waals surface area contributed by atoms with E-state index in [9.17, 15) is 0 Å². The first-order valence-corrected chi connectivity index (χ1v) is 5.42. The zero-order valence-corrected chi connectivity index (χ0v) is 9.19. The molecule has 0 aromatic carbocycles. The van der Waals surface area contributed by atoms with E-state index in [-0.39, 0.29) is 11.9 Å². The SMILES string of the molecule is CCC(C/C(N)=N/O)OCC1CCOC1. The van der Waals surface area contributed by atoms with E-state index in [1.54, 1.807) is 0 Å². The average molecular weight is 216 g/mol. The first kappa shape index (κ1) is 12.3. The van der Waals surface area contributed by atoms with Crippen LogP contribution in [0.1, 0.15) is 26.2 Å². The zero-order valence-electron chi connectivity index (χ0n) is 9.19. The predicted octanol–water partition coefficient (Wildman–Crippen LogP) is 0.955. The van der Waals surface area contributed by atoms with Crippen LogP contribution in [-0.2, 0) is 9.47 Å². The first-order chi connectivity index (χ1) is 7.26. The van der Waals surface area contributed by atoms with Gasteiger partial charge >= 0.3 is 0 Å². The first-order valence-electron chi connectivity index (χ1n) is 5.42. The van der Waals surface area contributed by atoms with Crippen LogP contribution < -0.4 is 5.73 Å². The van der Waals surface area contributed by atoms with Crippen molar-refractivity contribution in [1.82, 2.24) is 0 Å². The van der Waals surface area contributed by atoms with Gasteiger partial charge in [0.25, 0.3) is 0 Å². The fourth-order valence-electron chi connectivity index (χ4n) is 1.58. The van der Waals surface area contributed by atoms with Gasteiger partial charge in [-0.15, -0.1) is 0 Å². The minimum absolute atomic E-state index is 0.0431. The van der Waals surface area contributed by atoms with Gasteiger partial charge in [-0.25, -0.2) is 0 Å². The van der Waals surface area contributed by atoms with Crippen molar-refractivity contribution in [2.45, 2.75) is 32.3 Å². The second-order valence-electron chi connectivity index (χ2n) is 3.89. The van der Waals surface area contributed by atoms with Gasteiger partial charge in [-0.05, 0) is 12.8 Å². The Labute approximate surface area is 90.2 Å². The quantitative estimate of drug-likeness (QED) is 0.300. The highest BCUT2D eigenvalue weighted by molar-refractivity contribution is 5.80. The van der Waals surface area contributed by atoms with E-state index in [0.29, 0.717) is 18.9 Å². The number of nitrogens with two attached hydrogens (primary N) is 1. The van der Waals surface area contributed by atoms with Gasteiger partial charge in [-0.3, -0.25) is 0 Å². The number of hydrogen-bond acceptors (Lipinski definition) is 4. The number of ether oxygens (including phenoxy) is 2. The minimum Gasteiger partial charge on any atom is -0.409 e. The molecule has 0 aromatic heterocycles. The summed E-state index contributed by atoms with van der Waals surface area (Å²) in [6.07, 6.45) is 2.46. The maximum atomic E-state index is 8.45. The summed E-state index contributed by atoms with van der Waals surface area (Å²) in [5, 5.41) is 11.4. The normalized spacial score (nSPS) is 24.3. The van der Waals surface area contributed by atoms with Crippen molar-refractivity contribution >= 4 is 5.84 Å². The Morgan fingerprint density at radius 1 is 1.73 bits per heavy atom. The molecule has 2 unspecified atom stereocenters. The number of oxime groups is 1.